The van der Waals surface area contributed by atoms with Gasteiger partial charge >= 0.3 is 17.9 Å². The van der Waals surface area contributed by atoms with E-state index in [9.17, 15) is 14.4 Å². The molecule has 1 heterocycles. The van der Waals surface area contributed by atoms with Crippen molar-refractivity contribution in [2.45, 2.75) is 79.1 Å². The second-order valence-electron chi connectivity index (χ2n) is 9.54. The van der Waals surface area contributed by atoms with Crippen molar-refractivity contribution >= 4 is 17.9 Å². The maximum Gasteiger partial charge on any atom is 0.334 e. The van der Waals surface area contributed by atoms with Gasteiger partial charge in [0.1, 0.15) is 18.3 Å². The van der Waals surface area contributed by atoms with Gasteiger partial charge in [-0.25, -0.2) is 14.4 Å². The van der Waals surface area contributed by atoms with Crippen LogP contribution < -0.4 is 0 Å². The summed E-state index contributed by atoms with van der Waals surface area (Å²) in [5, 5.41) is 0. The van der Waals surface area contributed by atoms with Crippen LogP contribution in [0.3, 0.4) is 0 Å². The van der Waals surface area contributed by atoms with E-state index in [1.54, 1.807) is 39.8 Å². The minimum atomic E-state index is -0.478. The highest BCUT2D eigenvalue weighted by molar-refractivity contribution is 5.91. The highest BCUT2D eigenvalue weighted by Crippen LogP contribution is 2.58. The molecule has 2 saturated carbocycles. The Morgan fingerprint density at radius 2 is 1.68 bits per heavy atom. The Kier molecular flexibility index (Phi) is 6.49. The van der Waals surface area contributed by atoms with Gasteiger partial charge in [-0.1, -0.05) is 32.6 Å². The van der Waals surface area contributed by atoms with Crippen LogP contribution in [-0.4, -0.2) is 36.2 Å². The molecule has 0 N–H and O–H groups in total. The lowest BCUT2D eigenvalue weighted by Gasteiger charge is -2.39. The summed E-state index contributed by atoms with van der Waals surface area (Å²) in [6.07, 6.45) is 4.11. The molecule has 7 atom stereocenters. The quantitative estimate of drug-likeness (QED) is 0.376. The zero-order chi connectivity index (χ0) is 23.1. The molecule has 0 radical (unpaired) electrons. The maximum absolute atomic E-state index is 12.6. The van der Waals surface area contributed by atoms with E-state index in [4.69, 9.17) is 14.2 Å². The molecule has 6 heteroatoms. The van der Waals surface area contributed by atoms with Crippen molar-refractivity contribution in [2.24, 2.45) is 23.2 Å². The lowest BCUT2D eigenvalue weighted by Crippen LogP contribution is -2.40. The number of ether oxygens (including phenoxy) is 3. The minimum absolute atomic E-state index is 0.0260. The molecule has 1 saturated heterocycles. The summed E-state index contributed by atoms with van der Waals surface area (Å²) < 4.78 is 17.5. The molecule has 0 aromatic carbocycles. The van der Waals surface area contributed by atoms with Crippen molar-refractivity contribution in [1.29, 1.82) is 0 Å². The highest BCUT2D eigenvalue weighted by Gasteiger charge is 2.61. The van der Waals surface area contributed by atoms with Gasteiger partial charge in [-0.2, -0.15) is 0 Å². The molecule has 0 amide bonds. The Morgan fingerprint density at radius 1 is 1.10 bits per heavy atom. The Hall–Kier alpha value is -2.37. The molecule has 0 aromatic rings. The fourth-order valence-electron chi connectivity index (χ4n) is 5.67. The minimum Gasteiger partial charge on any atom is -0.459 e. The Labute approximate surface area is 184 Å². The average molecular weight is 431 g/mol. The van der Waals surface area contributed by atoms with Crippen molar-refractivity contribution in [2.75, 3.05) is 0 Å². The van der Waals surface area contributed by atoms with Crippen LogP contribution in [0.15, 0.2) is 35.5 Å². The zero-order valence-electron chi connectivity index (χ0n) is 19.4. The molecular weight excluding hydrogens is 396 g/mol. The summed E-state index contributed by atoms with van der Waals surface area (Å²) in [4.78, 5) is 37.4. The van der Waals surface area contributed by atoms with Gasteiger partial charge in [0.2, 0.25) is 0 Å². The van der Waals surface area contributed by atoms with Crippen molar-refractivity contribution in [1.82, 2.24) is 0 Å². The summed E-state index contributed by atoms with van der Waals surface area (Å²) >= 11 is 0. The number of hydrogen-bond donors (Lipinski definition) is 0. The van der Waals surface area contributed by atoms with Gasteiger partial charge in [0.15, 0.2) is 0 Å². The highest BCUT2D eigenvalue weighted by atomic mass is 16.6. The lowest BCUT2D eigenvalue weighted by atomic mass is 9.69. The van der Waals surface area contributed by atoms with Crippen molar-refractivity contribution in [3.63, 3.8) is 0 Å². The topological polar surface area (TPSA) is 78.9 Å². The molecule has 0 aromatic heterocycles. The number of fused-ring (bicyclic) bond motifs is 2. The van der Waals surface area contributed by atoms with Gasteiger partial charge in [0.05, 0.1) is 0 Å². The SMILES string of the molecule is C=C1C(=O)O[C@H]2C[C@@H](C)[C@@H]3[C@@H](OC(=O)/C(C)=C/C)C[C@@H](OC(=O)/C(C)=C\C)[C@@]3(C)C[C@H]12. The second-order valence-corrected chi connectivity index (χ2v) is 9.54. The fraction of sp³-hybridized carbons (Fsp3) is 0.640. The molecule has 3 rings (SSSR count). The first-order valence-corrected chi connectivity index (χ1v) is 11.1. The standard InChI is InChI=1S/C25H34O6/c1-8-13(3)22(26)30-19-11-20(31-23(27)14(4)9-2)25(7)12-17-16(6)24(28)29-18(17)10-15(5)21(19)25/h8-9,15,17-21H,6,10-12H2,1-5,7H3/b13-8+,14-9-/t15-,17-,18+,19+,20-,21-,25-/m1/s1. The normalized spacial score (nSPS) is 38.1. The summed E-state index contributed by atoms with van der Waals surface area (Å²) in [6.45, 7) is 15.2. The largest absolute Gasteiger partial charge is 0.459 e. The van der Waals surface area contributed by atoms with E-state index < -0.39 is 11.5 Å². The third-order valence-electron chi connectivity index (χ3n) is 7.66. The van der Waals surface area contributed by atoms with Crippen molar-refractivity contribution in [3.8, 4) is 0 Å². The van der Waals surface area contributed by atoms with Gasteiger partial charge in [0, 0.05) is 40.4 Å². The summed E-state index contributed by atoms with van der Waals surface area (Å²) in [5.74, 6) is -1.10. The Morgan fingerprint density at radius 3 is 2.26 bits per heavy atom. The van der Waals surface area contributed by atoms with Crippen LogP contribution in [0.4, 0.5) is 0 Å². The van der Waals surface area contributed by atoms with Crippen LogP contribution in [0.1, 0.15) is 60.8 Å². The van der Waals surface area contributed by atoms with Crippen LogP contribution in [0.25, 0.3) is 0 Å². The Balaban J connectivity index is 1.98. The third-order valence-corrected chi connectivity index (χ3v) is 7.66. The van der Waals surface area contributed by atoms with E-state index in [-0.39, 0.29) is 47.9 Å². The second kappa shape index (κ2) is 8.64. The van der Waals surface area contributed by atoms with Crippen molar-refractivity contribution in [3.05, 3.63) is 35.5 Å². The van der Waals surface area contributed by atoms with E-state index in [0.29, 0.717) is 36.0 Å². The molecule has 6 nitrogen and oxygen atoms in total. The number of allylic oxidation sites excluding steroid dienone is 2. The smallest absolute Gasteiger partial charge is 0.334 e. The van der Waals surface area contributed by atoms with Crippen LogP contribution in [-0.2, 0) is 28.6 Å². The Bertz CT molecular complexity index is 852. The summed E-state index contributed by atoms with van der Waals surface area (Å²) in [7, 11) is 0. The van der Waals surface area contributed by atoms with E-state index in [1.807, 2.05) is 0 Å². The monoisotopic (exact) mass is 430 g/mol. The van der Waals surface area contributed by atoms with Crippen LogP contribution in [0, 0.1) is 23.2 Å². The predicted molar refractivity (Wildman–Crippen MR) is 116 cm³/mol. The average Bonchev–Trinajstić information content (AvgIpc) is 3.09. The first-order chi connectivity index (χ1) is 14.5. The number of hydrogen-bond acceptors (Lipinski definition) is 6. The first-order valence-electron chi connectivity index (χ1n) is 11.1. The van der Waals surface area contributed by atoms with E-state index in [1.165, 1.54) is 0 Å². The molecular formula is C25H34O6. The molecule has 3 aliphatic rings. The first kappa shape index (κ1) is 23.3. The zero-order valence-corrected chi connectivity index (χ0v) is 19.4. The molecule has 0 spiro atoms. The molecule has 170 valence electrons. The predicted octanol–water partition coefficient (Wildman–Crippen LogP) is 4.30. The van der Waals surface area contributed by atoms with Gasteiger partial charge < -0.3 is 14.2 Å². The molecule has 0 bridgehead atoms. The lowest BCUT2D eigenvalue weighted by molar-refractivity contribution is -0.151. The van der Waals surface area contributed by atoms with Crippen LogP contribution >= 0.6 is 0 Å². The number of carbonyl (C=O) groups is 3. The fourth-order valence-corrected chi connectivity index (χ4v) is 5.67. The van der Waals surface area contributed by atoms with Crippen LogP contribution in [0.5, 0.6) is 0 Å². The van der Waals surface area contributed by atoms with Gasteiger partial charge in [0.25, 0.3) is 0 Å². The summed E-state index contributed by atoms with van der Waals surface area (Å²) in [6, 6.07) is 0. The van der Waals surface area contributed by atoms with Gasteiger partial charge in [-0.15, -0.1) is 0 Å². The molecule has 2 aliphatic carbocycles. The third kappa shape index (κ3) is 4.09. The molecule has 0 unspecified atom stereocenters. The van der Waals surface area contributed by atoms with Gasteiger partial charge in [-0.05, 0) is 46.5 Å². The van der Waals surface area contributed by atoms with Gasteiger partial charge in [-0.3, -0.25) is 0 Å². The maximum atomic E-state index is 12.6. The van der Waals surface area contributed by atoms with E-state index in [0.717, 1.165) is 0 Å². The number of carbonyl (C=O) groups excluding carboxylic acids is 3. The van der Waals surface area contributed by atoms with Crippen molar-refractivity contribution < 1.29 is 28.6 Å². The number of esters is 3. The van der Waals surface area contributed by atoms with Crippen LogP contribution in [0.2, 0.25) is 0 Å². The summed E-state index contributed by atoms with van der Waals surface area (Å²) in [5.41, 5.74) is 1.09. The molecule has 1 aliphatic heterocycles. The van der Waals surface area contributed by atoms with E-state index >= 15 is 0 Å². The number of rotatable bonds is 4. The van der Waals surface area contributed by atoms with E-state index in [2.05, 4.69) is 20.4 Å². The molecule has 3 fully saturated rings. The molecule has 31 heavy (non-hydrogen) atoms.